The number of nitrogens with zero attached hydrogens (tertiary/aromatic N) is 2. The monoisotopic (exact) mass is 321 g/mol. The van der Waals surface area contributed by atoms with Gasteiger partial charge in [-0.25, -0.2) is 0 Å². The lowest BCUT2D eigenvalue weighted by Crippen LogP contribution is -2.40. The van der Waals surface area contributed by atoms with Crippen molar-refractivity contribution in [2.75, 3.05) is 26.4 Å². The summed E-state index contributed by atoms with van der Waals surface area (Å²) in [6.07, 6.45) is 5.38. The van der Waals surface area contributed by atoms with Gasteiger partial charge in [0.05, 0.1) is 5.69 Å². The SMILES string of the molecule is CCn1nc(CCCCO)c2c1C(=O)NCC1(CCOCC1)C2. The Kier molecular flexibility index (Phi) is 5.02. The van der Waals surface area contributed by atoms with Crippen LogP contribution in [-0.2, 0) is 24.1 Å². The minimum atomic E-state index is 0.00567. The molecule has 0 aliphatic carbocycles. The van der Waals surface area contributed by atoms with Crippen LogP contribution in [0.4, 0.5) is 0 Å². The largest absolute Gasteiger partial charge is 0.396 e. The van der Waals surface area contributed by atoms with E-state index in [-0.39, 0.29) is 17.9 Å². The number of unbranched alkanes of at least 4 members (excludes halogenated alkanes) is 1. The number of carbonyl (C=O) groups is 1. The Balaban J connectivity index is 1.94. The van der Waals surface area contributed by atoms with Gasteiger partial charge in [0.2, 0.25) is 0 Å². The third-order valence-corrected chi connectivity index (χ3v) is 5.20. The molecule has 6 nitrogen and oxygen atoms in total. The van der Waals surface area contributed by atoms with E-state index in [9.17, 15) is 4.79 Å². The van der Waals surface area contributed by atoms with Crippen molar-refractivity contribution < 1.29 is 14.6 Å². The molecular formula is C17H27N3O3. The topological polar surface area (TPSA) is 76.4 Å². The van der Waals surface area contributed by atoms with Gasteiger partial charge < -0.3 is 15.2 Å². The number of ether oxygens (including phenoxy) is 1. The average molecular weight is 321 g/mol. The van der Waals surface area contributed by atoms with E-state index in [0.29, 0.717) is 6.54 Å². The number of aliphatic hydroxyl groups excluding tert-OH is 1. The van der Waals surface area contributed by atoms with Crippen LogP contribution in [0, 0.1) is 5.41 Å². The highest BCUT2D eigenvalue weighted by Gasteiger charge is 2.39. The van der Waals surface area contributed by atoms with E-state index in [1.807, 2.05) is 11.6 Å². The van der Waals surface area contributed by atoms with E-state index in [1.165, 1.54) is 0 Å². The van der Waals surface area contributed by atoms with Crippen LogP contribution in [0.2, 0.25) is 0 Å². The standard InChI is InChI=1S/C17H27N3O3/c1-2-20-15-13(14(19-20)5-3-4-8-21)11-17(12-18-16(15)22)6-9-23-10-7-17/h21H,2-12H2,1H3,(H,18,22). The van der Waals surface area contributed by atoms with Crippen molar-refractivity contribution in [3.63, 3.8) is 0 Å². The fourth-order valence-electron chi connectivity index (χ4n) is 3.77. The van der Waals surface area contributed by atoms with Gasteiger partial charge >= 0.3 is 0 Å². The van der Waals surface area contributed by atoms with Crippen molar-refractivity contribution in [1.29, 1.82) is 0 Å². The highest BCUT2D eigenvalue weighted by atomic mass is 16.5. The predicted molar refractivity (Wildman–Crippen MR) is 86.4 cm³/mol. The van der Waals surface area contributed by atoms with Crippen molar-refractivity contribution in [2.24, 2.45) is 5.41 Å². The first-order valence-electron chi connectivity index (χ1n) is 8.74. The lowest BCUT2D eigenvalue weighted by molar-refractivity contribution is 0.0160. The summed E-state index contributed by atoms with van der Waals surface area (Å²) in [6.45, 7) is 5.20. The maximum Gasteiger partial charge on any atom is 0.269 e. The molecule has 6 heteroatoms. The zero-order valence-corrected chi connectivity index (χ0v) is 13.9. The summed E-state index contributed by atoms with van der Waals surface area (Å²) in [4.78, 5) is 12.6. The number of fused-ring (bicyclic) bond motifs is 1. The first kappa shape index (κ1) is 16.5. The number of hydrogen-bond donors (Lipinski definition) is 2. The van der Waals surface area contributed by atoms with Crippen LogP contribution in [0.25, 0.3) is 0 Å². The second-order valence-electron chi connectivity index (χ2n) is 6.74. The van der Waals surface area contributed by atoms with Gasteiger partial charge in [-0.1, -0.05) is 0 Å². The van der Waals surface area contributed by atoms with Crippen molar-refractivity contribution in [1.82, 2.24) is 15.1 Å². The second-order valence-corrected chi connectivity index (χ2v) is 6.74. The van der Waals surface area contributed by atoms with E-state index < -0.39 is 0 Å². The molecule has 1 aromatic heterocycles. The molecule has 3 rings (SSSR count). The Morgan fingerprint density at radius 1 is 1.35 bits per heavy atom. The van der Waals surface area contributed by atoms with E-state index in [1.54, 1.807) is 0 Å². The molecule has 1 saturated heterocycles. The number of amides is 1. The molecule has 3 heterocycles. The molecular weight excluding hydrogens is 294 g/mol. The van der Waals surface area contributed by atoms with Gasteiger partial charge in [0, 0.05) is 38.5 Å². The number of rotatable bonds is 5. The molecule has 1 amide bonds. The van der Waals surface area contributed by atoms with Crippen molar-refractivity contribution in [3.05, 3.63) is 17.0 Å². The van der Waals surface area contributed by atoms with E-state index >= 15 is 0 Å². The van der Waals surface area contributed by atoms with Crippen LogP contribution in [0.15, 0.2) is 0 Å². The van der Waals surface area contributed by atoms with Crippen LogP contribution in [-0.4, -0.2) is 47.2 Å². The Hall–Kier alpha value is -1.40. The first-order valence-corrected chi connectivity index (χ1v) is 8.74. The molecule has 2 N–H and O–H groups in total. The molecule has 0 unspecified atom stereocenters. The van der Waals surface area contributed by atoms with Gasteiger partial charge in [-0.3, -0.25) is 9.48 Å². The second kappa shape index (κ2) is 7.01. The van der Waals surface area contributed by atoms with Crippen molar-refractivity contribution in [2.45, 2.75) is 52.0 Å². The first-order chi connectivity index (χ1) is 11.2. The summed E-state index contributed by atoms with van der Waals surface area (Å²) >= 11 is 0. The third-order valence-electron chi connectivity index (χ3n) is 5.20. The minimum Gasteiger partial charge on any atom is -0.396 e. The highest BCUT2D eigenvalue weighted by Crippen LogP contribution is 2.37. The van der Waals surface area contributed by atoms with Gasteiger partial charge in [0.25, 0.3) is 5.91 Å². The van der Waals surface area contributed by atoms with Crippen molar-refractivity contribution in [3.8, 4) is 0 Å². The molecule has 0 atom stereocenters. The fraction of sp³-hybridized carbons (Fsp3) is 0.765. The lowest BCUT2D eigenvalue weighted by Gasteiger charge is -2.36. The molecule has 0 aromatic carbocycles. The number of aromatic nitrogens is 2. The van der Waals surface area contributed by atoms with E-state index in [2.05, 4.69) is 5.32 Å². The predicted octanol–water partition coefficient (Wildman–Crippen LogP) is 1.30. The maximum absolute atomic E-state index is 12.6. The fourth-order valence-corrected chi connectivity index (χ4v) is 3.77. The number of nitrogens with one attached hydrogen (secondary N) is 1. The van der Waals surface area contributed by atoms with Gasteiger partial charge in [0.1, 0.15) is 5.69 Å². The maximum atomic E-state index is 12.6. The number of aryl methyl sites for hydroxylation is 2. The summed E-state index contributed by atoms with van der Waals surface area (Å²) in [6, 6.07) is 0. The zero-order valence-electron chi connectivity index (χ0n) is 13.9. The van der Waals surface area contributed by atoms with Crippen LogP contribution in [0.5, 0.6) is 0 Å². The highest BCUT2D eigenvalue weighted by molar-refractivity contribution is 5.94. The molecule has 1 aromatic rings. The van der Waals surface area contributed by atoms with Gasteiger partial charge in [0.15, 0.2) is 0 Å². The molecule has 23 heavy (non-hydrogen) atoms. The van der Waals surface area contributed by atoms with Gasteiger partial charge in [-0.05, 0) is 50.9 Å². The van der Waals surface area contributed by atoms with Crippen LogP contribution >= 0.6 is 0 Å². The molecule has 1 fully saturated rings. The molecule has 0 radical (unpaired) electrons. The summed E-state index contributed by atoms with van der Waals surface area (Å²) in [5.74, 6) is 0.00567. The smallest absolute Gasteiger partial charge is 0.269 e. The van der Waals surface area contributed by atoms with Gasteiger partial charge in [-0.2, -0.15) is 5.10 Å². The number of hydrogen-bond acceptors (Lipinski definition) is 4. The number of aliphatic hydroxyl groups is 1. The summed E-state index contributed by atoms with van der Waals surface area (Å²) in [5.41, 5.74) is 3.02. The Bertz CT molecular complexity index is 562. The molecule has 128 valence electrons. The van der Waals surface area contributed by atoms with Crippen molar-refractivity contribution >= 4 is 5.91 Å². The molecule has 1 spiro atoms. The van der Waals surface area contributed by atoms with Crippen LogP contribution < -0.4 is 5.32 Å². The molecule has 2 aliphatic rings. The Morgan fingerprint density at radius 2 is 2.13 bits per heavy atom. The average Bonchev–Trinajstić information content (AvgIpc) is 2.84. The van der Waals surface area contributed by atoms with E-state index in [4.69, 9.17) is 14.9 Å². The van der Waals surface area contributed by atoms with Gasteiger partial charge in [-0.15, -0.1) is 0 Å². The van der Waals surface area contributed by atoms with E-state index in [0.717, 1.165) is 75.2 Å². The Labute approximate surface area is 137 Å². The molecule has 0 bridgehead atoms. The number of carbonyl (C=O) groups excluding carboxylic acids is 1. The molecule has 2 aliphatic heterocycles. The Morgan fingerprint density at radius 3 is 2.83 bits per heavy atom. The summed E-state index contributed by atoms with van der Waals surface area (Å²) < 4.78 is 7.37. The normalized spacial score (nSPS) is 20.2. The quantitative estimate of drug-likeness (QED) is 0.802. The third kappa shape index (κ3) is 3.28. The van der Waals surface area contributed by atoms with Crippen LogP contribution in [0.1, 0.15) is 54.4 Å². The molecule has 0 saturated carbocycles. The minimum absolute atomic E-state index is 0.00567. The lowest BCUT2D eigenvalue weighted by atomic mass is 9.75. The zero-order chi connectivity index (χ0) is 16.3. The van der Waals surface area contributed by atoms with Crippen LogP contribution in [0.3, 0.4) is 0 Å². The summed E-state index contributed by atoms with van der Waals surface area (Å²) in [5, 5.41) is 16.8. The summed E-state index contributed by atoms with van der Waals surface area (Å²) in [7, 11) is 0.